The number of thiophene rings is 1. The third kappa shape index (κ3) is 4.31. The summed E-state index contributed by atoms with van der Waals surface area (Å²) in [5, 5.41) is 8.51. The normalized spacial score (nSPS) is 12.6. The number of fused-ring (bicyclic) bond motifs is 1. The van der Waals surface area contributed by atoms with E-state index in [-0.39, 0.29) is 32.7 Å². The van der Waals surface area contributed by atoms with E-state index in [2.05, 4.69) is 10.4 Å². The van der Waals surface area contributed by atoms with E-state index >= 15 is 0 Å². The molecule has 6 nitrogen and oxygen atoms in total. The van der Waals surface area contributed by atoms with Crippen LogP contribution in [0.25, 0.3) is 15.8 Å². The fourth-order valence-corrected chi connectivity index (χ4v) is 4.17. The van der Waals surface area contributed by atoms with Gasteiger partial charge in [-0.25, -0.2) is 4.39 Å². The second-order valence-electron chi connectivity index (χ2n) is 7.26. The minimum atomic E-state index is -4.60. The van der Waals surface area contributed by atoms with Crippen molar-refractivity contribution in [3.05, 3.63) is 86.9 Å². The molecule has 0 fully saturated rings. The van der Waals surface area contributed by atoms with Gasteiger partial charge in [0.25, 0.3) is 11.5 Å². The molecule has 170 valence electrons. The number of amides is 1. The molecule has 0 radical (unpaired) electrons. The summed E-state index contributed by atoms with van der Waals surface area (Å²) in [4.78, 5) is 25.9. The van der Waals surface area contributed by atoms with Crippen LogP contribution in [0.5, 0.6) is 0 Å². The SMILES string of the molecule is C[C@@H](NC(=O)c1nn(-c2ccccc2F)c(=O)c2sccc12)c1cc(N)cc(C(F)(F)F)c1. The molecule has 33 heavy (non-hydrogen) atoms. The lowest BCUT2D eigenvalue weighted by atomic mass is 10.0. The predicted molar refractivity (Wildman–Crippen MR) is 117 cm³/mol. The zero-order valence-electron chi connectivity index (χ0n) is 17.0. The molecule has 0 bridgehead atoms. The fraction of sp³-hybridized carbons (Fsp3) is 0.136. The maximum absolute atomic E-state index is 14.3. The van der Waals surface area contributed by atoms with E-state index in [0.717, 1.165) is 34.2 Å². The molecular weight excluding hydrogens is 460 g/mol. The van der Waals surface area contributed by atoms with Crippen molar-refractivity contribution in [2.24, 2.45) is 0 Å². The number of aromatic nitrogens is 2. The number of nitrogens with zero attached hydrogens (tertiary/aromatic N) is 2. The smallest absolute Gasteiger partial charge is 0.399 e. The number of nitrogen functional groups attached to an aromatic ring is 1. The molecule has 3 N–H and O–H groups in total. The molecule has 0 aliphatic heterocycles. The monoisotopic (exact) mass is 476 g/mol. The second-order valence-corrected chi connectivity index (χ2v) is 8.18. The molecule has 0 aliphatic rings. The van der Waals surface area contributed by atoms with Crippen molar-refractivity contribution in [2.75, 3.05) is 5.73 Å². The number of alkyl halides is 3. The summed E-state index contributed by atoms with van der Waals surface area (Å²) in [5.74, 6) is -1.45. The average molecular weight is 476 g/mol. The average Bonchev–Trinajstić information content (AvgIpc) is 3.24. The molecule has 4 aromatic rings. The highest BCUT2D eigenvalue weighted by Gasteiger charge is 2.31. The lowest BCUT2D eigenvalue weighted by Crippen LogP contribution is -2.31. The van der Waals surface area contributed by atoms with Crippen molar-refractivity contribution >= 4 is 33.0 Å². The van der Waals surface area contributed by atoms with Gasteiger partial charge >= 0.3 is 6.18 Å². The number of halogens is 4. The first-order chi connectivity index (χ1) is 15.6. The number of rotatable bonds is 4. The summed E-state index contributed by atoms with van der Waals surface area (Å²) < 4.78 is 54.7. The second kappa shape index (κ2) is 8.32. The maximum Gasteiger partial charge on any atom is 0.416 e. The number of carbonyl (C=O) groups excluding carboxylic acids is 1. The highest BCUT2D eigenvalue weighted by molar-refractivity contribution is 7.17. The fourth-order valence-electron chi connectivity index (χ4n) is 3.35. The number of para-hydroxylation sites is 1. The lowest BCUT2D eigenvalue weighted by Gasteiger charge is -2.17. The minimum absolute atomic E-state index is 0.104. The van der Waals surface area contributed by atoms with Gasteiger partial charge in [0.2, 0.25) is 0 Å². The highest BCUT2D eigenvalue weighted by Crippen LogP contribution is 2.33. The van der Waals surface area contributed by atoms with E-state index in [1.54, 1.807) is 5.38 Å². The van der Waals surface area contributed by atoms with Crippen LogP contribution in [0, 0.1) is 5.82 Å². The van der Waals surface area contributed by atoms with E-state index in [1.807, 2.05) is 0 Å². The van der Waals surface area contributed by atoms with Gasteiger partial charge in [0, 0.05) is 11.1 Å². The van der Waals surface area contributed by atoms with Crippen LogP contribution in [-0.4, -0.2) is 15.7 Å². The summed E-state index contributed by atoms with van der Waals surface area (Å²) >= 11 is 1.06. The van der Waals surface area contributed by atoms with Crippen molar-refractivity contribution < 1.29 is 22.4 Å². The van der Waals surface area contributed by atoms with Crippen LogP contribution in [-0.2, 0) is 6.18 Å². The highest BCUT2D eigenvalue weighted by atomic mass is 32.1. The van der Waals surface area contributed by atoms with Crippen LogP contribution in [0.4, 0.5) is 23.2 Å². The van der Waals surface area contributed by atoms with Crippen LogP contribution in [0.15, 0.2) is 58.7 Å². The van der Waals surface area contributed by atoms with E-state index in [0.29, 0.717) is 0 Å². The van der Waals surface area contributed by atoms with Gasteiger partial charge in [-0.15, -0.1) is 11.3 Å². The van der Waals surface area contributed by atoms with Crippen molar-refractivity contribution in [3.8, 4) is 5.69 Å². The maximum atomic E-state index is 14.3. The number of carbonyl (C=O) groups is 1. The Kier molecular flexibility index (Phi) is 5.66. The molecule has 2 heterocycles. The molecule has 2 aromatic heterocycles. The molecule has 11 heteroatoms. The van der Waals surface area contributed by atoms with Crippen LogP contribution >= 0.6 is 11.3 Å². The van der Waals surface area contributed by atoms with Gasteiger partial charge in [-0.1, -0.05) is 12.1 Å². The van der Waals surface area contributed by atoms with Gasteiger partial charge in [-0.2, -0.15) is 23.0 Å². The first-order valence-electron chi connectivity index (χ1n) is 9.60. The Morgan fingerprint density at radius 3 is 2.61 bits per heavy atom. The molecule has 0 unspecified atom stereocenters. The van der Waals surface area contributed by atoms with Gasteiger partial charge in [0.05, 0.1) is 11.6 Å². The van der Waals surface area contributed by atoms with Gasteiger partial charge in [0.1, 0.15) is 16.2 Å². The summed E-state index contributed by atoms with van der Waals surface area (Å²) in [7, 11) is 0. The summed E-state index contributed by atoms with van der Waals surface area (Å²) in [6.45, 7) is 1.49. The van der Waals surface area contributed by atoms with Gasteiger partial charge < -0.3 is 11.1 Å². The Bertz CT molecular complexity index is 1430. The molecule has 2 aromatic carbocycles. The summed E-state index contributed by atoms with van der Waals surface area (Å²) in [6.07, 6.45) is -4.60. The van der Waals surface area contributed by atoms with Crippen molar-refractivity contribution in [2.45, 2.75) is 19.1 Å². The minimum Gasteiger partial charge on any atom is -0.399 e. The van der Waals surface area contributed by atoms with Crippen molar-refractivity contribution in [1.82, 2.24) is 15.1 Å². The number of hydrogen-bond acceptors (Lipinski definition) is 5. The Morgan fingerprint density at radius 1 is 1.18 bits per heavy atom. The third-order valence-corrected chi connectivity index (χ3v) is 5.86. The first kappa shape index (κ1) is 22.5. The molecule has 0 saturated carbocycles. The zero-order valence-corrected chi connectivity index (χ0v) is 17.8. The quantitative estimate of drug-likeness (QED) is 0.331. The van der Waals surface area contributed by atoms with E-state index < -0.39 is 35.1 Å². The standard InChI is InChI=1S/C22H16F4N4O2S/c1-11(12-8-13(22(24,25)26)10-14(27)9-12)28-20(31)18-15-6-7-33-19(15)21(32)30(29-18)17-5-3-2-4-16(17)23/h2-11H,27H2,1H3,(H,28,31)/t11-/m1/s1. The van der Waals surface area contributed by atoms with E-state index in [9.17, 15) is 27.2 Å². The molecule has 0 saturated heterocycles. The molecule has 0 spiro atoms. The molecule has 1 atom stereocenters. The topological polar surface area (TPSA) is 90.0 Å². The predicted octanol–water partition coefficient (Wildman–Crippen LogP) is 4.68. The Balaban J connectivity index is 1.75. The third-order valence-electron chi connectivity index (χ3n) is 4.96. The number of nitrogens with one attached hydrogen (secondary N) is 1. The number of nitrogens with two attached hydrogens (primary N) is 1. The molecule has 0 aliphatic carbocycles. The van der Waals surface area contributed by atoms with Crippen molar-refractivity contribution in [1.29, 1.82) is 0 Å². The zero-order chi connectivity index (χ0) is 23.9. The van der Waals surface area contributed by atoms with Crippen molar-refractivity contribution in [3.63, 3.8) is 0 Å². The molecular formula is C22H16F4N4O2S. The first-order valence-corrected chi connectivity index (χ1v) is 10.5. The molecule has 4 rings (SSSR count). The number of hydrogen-bond donors (Lipinski definition) is 2. The Morgan fingerprint density at radius 2 is 1.91 bits per heavy atom. The molecule has 1 amide bonds. The Labute approximate surface area is 188 Å². The van der Waals surface area contributed by atoms with Crippen LogP contribution in [0.3, 0.4) is 0 Å². The Hall–Kier alpha value is -3.73. The lowest BCUT2D eigenvalue weighted by molar-refractivity contribution is -0.137. The van der Waals surface area contributed by atoms with Crippen LogP contribution in [0.2, 0.25) is 0 Å². The van der Waals surface area contributed by atoms with Gasteiger partial charge in [-0.05, 0) is 54.3 Å². The van der Waals surface area contributed by atoms with Gasteiger partial charge in [0.15, 0.2) is 5.69 Å². The van der Waals surface area contributed by atoms with Crippen LogP contribution in [0.1, 0.15) is 34.6 Å². The van der Waals surface area contributed by atoms with Crippen LogP contribution < -0.4 is 16.6 Å². The van der Waals surface area contributed by atoms with Gasteiger partial charge in [-0.3, -0.25) is 9.59 Å². The van der Waals surface area contributed by atoms with E-state index in [1.165, 1.54) is 37.3 Å². The number of benzene rings is 2. The summed E-state index contributed by atoms with van der Waals surface area (Å²) in [5.41, 5.74) is 3.81. The number of anilines is 1. The van der Waals surface area contributed by atoms with E-state index in [4.69, 9.17) is 5.73 Å². The largest absolute Gasteiger partial charge is 0.416 e. The summed E-state index contributed by atoms with van der Waals surface area (Å²) in [6, 6.07) is 9.16.